The number of fused-ring (bicyclic) bond motifs is 1. The minimum absolute atomic E-state index is 0.643. The molecule has 3 aromatic carbocycles. The lowest BCUT2D eigenvalue weighted by Crippen LogP contribution is -2.45. The first kappa shape index (κ1) is 17.7. The summed E-state index contributed by atoms with van der Waals surface area (Å²) in [6.45, 7) is 0. The van der Waals surface area contributed by atoms with Gasteiger partial charge < -0.3 is 0 Å². The maximum atomic E-state index is 14.4. The smallest absolute Gasteiger partial charge is 0.206 e. The largest absolute Gasteiger partial charge is 0.296 e. The molecule has 1 aliphatic carbocycles. The van der Waals surface area contributed by atoms with Crippen LogP contribution in [0.2, 0.25) is 0 Å². The predicted molar refractivity (Wildman–Crippen MR) is 110 cm³/mol. The molecule has 3 aromatic rings. The highest BCUT2D eigenvalue weighted by Crippen LogP contribution is 2.47. The van der Waals surface area contributed by atoms with E-state index in [1.807, 2.05) is 78.9 Å². The fourth-order valence-corrected chi connectivity index (χ4v) is 6.47. The Bertz CT molecular complexity index is 984. The van der Waals surface area contributed by atoms with Crippen molar-refractivity contribution in [3.05, 3.63) is 96.1 Å². The summed E-state index contributed by atoms with van der Waals surface area (Å²) in [4.78, 5) is 0. The molecule has 0 amide bonds. The molecule has 0 saturated heterocycles. The second kappa shape index (κ2) is 7.16. The summed E-state index contributed by atoms with van der Waals surface area (Å²) in [5, 5.41) is 15.0. The van der Waals surface area contributed by atoms with Crippen molar-refractivity contribution >= 4 is 17.9 Å². The lowest BCUT2D eigenvalue weighted by Gasteiger charge is -2.37. The van der Waals surface area contributed by atoms with Gasteiger partial charge in [-0.1, -0.05) is 60.7 Å². The molecule has 1 atom stereocenters. The molecule has 4 rings (SSSR count). The van der Waals surface area contributed by atoms with Gasteiger partial charge in [0.05, 0.1) is 6.07 Å². The Morgan fingerprint density at radius 3 is 2.00 bits per heavy atom. The SMILES string of the molecule is N#C[C@]1(NP(=O)(c2ccccc2)c2ccccc2)CCCc2ccccc21. The number of hydrogen-bond donors (Lipinski definition) is 1. The van der Waals surface area contributed by atoms with E-state index in [-0.39, 0.29) is 0 Å². The van der Waals surface area contributed by atoms with Gasteiger partial charge in [0, 0.05) is 10.6 Å². The molecule has 0 aliphatic heterocycles. The van der Waals surface area contributed by atoms with E-state index in [0.29, 0.717) is 17.0 Å². The fourth-order valence-electron chi connectivity index (χ4n) is 3.91. The Labute approximate surface area is 160 Å². The van der Waals surface area contributed by atoms with E-state index in [1.165, 1.54) is 0 Å². The van der Waals surface area contributed by atoms with Gasteiger partial charge >= 0.3 is 0 Å². The molecule has 0 aromatic heterocycles. The van der Waals surface area contributed by atoms with E-state index >= 15 is 0 Å². The van der Waals surface area contributed by atoms with Crippen LogP contribution in [0, 0.1) is 11.3 Å². The van der Waals surface area contributed by atoms with Gasteiger partial charge in [0.25, 0.3) is 0 Å². The van der Waals surface area contributed by atoms with E-state index < -0.39 is 12.8 Å². The van der Waals surface area contributed by atoms with Crippen LogP contribution >= 0.6 is 7.29 Å². The second-order valence-electron chi connectivity index (χ2n) is 6.92. The summed E-state index contributed by atoms with van der Waals surface area (Å²) in [5.41, 5.74) is 1.15. The minimum Gasteiger partial charge on any atom is -0.296 e. The van der Waals surface area contributed by atoms with Crippen LogP contribution in [0.4, 0.5) is 0 Å². The maximum absolute atomic E-state index is 14.4. The quantitative estimate of drug-likeness (QED) is 0.696. The number of hydrogen-bond acceptors (Lipinski definition) is 2. The first-order chi connectivity index (χ1) is 13.2. The van der Waals surface area contributed by atoms with Crippen molar-refractivity contribution in [3.63, 3.8) is 0 Å². The maximum Gasteiger partial charge on any atom is 0.206 e. The van der Waals surface area contributed by atoms with Crippen molar-refractivity contribution < 1.29 is 4.57 Å². The lowest BCUT2D eigenvalue weighted by molar-refractivity contribution is 0.425. The third-order valence-corrected chi connectivity index (χ3v) is 8.00. The van der Waals surface area contributed by atoms with Crippen LogP contribution in [0.3, 0.4) is 0 Å². The predicted octanol–water partition coefficient (Wildman–Crippen LogP) is 4.26. The zero-order valence-corrected chi connectivity index (χ0v) is 15.9. The van der Waals surface area contributed by atoms with Gasteiger partial charge in [0.15, 0.2) is 0 Å². The summed E-state index contributed by atoms with van der Waals surface area (Å²) in [7, 11) is -3.20. The molecule has 0 unspecified atom stereocenters. The Kier molecular flexibility index (Phi) is 4.70. The van der Waals surface area contributed by atoms with Crippen LogP contribution in [0.5, 0.6) is 0 Å². The van der Waals surface area contributed by atoms with Crippen molar-refractivity contribution in [1.82, 2.24) is 5.09 Å². The van der Waals surface area contributed by atoms with Crippen molar-refractivity contribution in [2.75, 3.05) is 0 Å². The summed E-state index contributed by atoms with van der Waals surface area (Å²) in [6.07, 6.45) is 2.48. The average molecular weight is 372 g/mol. The van der Waals surface area contributed by atoms with Gasteiger partial charge in [-0.3, -0.25) is 4.57 Å². The third kappa shape index (κ3) is 3.12. The molecule has 0 saturated carbocycles. The van der Waals surface area contributed by atoms with Gasteiger partial charge in [-0.25, -0.2) is 5.09 Å². The molecular weight excluding hydrogens is 351 g/mol. The van der Waals surface area contributed by atoms with Crippen LogP contribution in [0.25, 0.3) is 0 Å². The third-order valence-electron chi connectivity index (χ3n) is 5.25. The van der Waals surface area contributed by atoms with Crippen LogP contribution in [-0.4, -0.2) is 0 Å². The molecule has 1 aliphatic rings. The Morgan fingerprint density at radius 1 is 0.852 bits per heavy atom. The normalized spacial score (nSPS) is 19.1. The van der Waals surface area contributed by atoms with E-state index in [0.717, 1.165) is 24.0 Å². The molecule has 0 spiro atoms. The van der Waals surface area contributed by atoms with Crippen LogP contribution < -0.4 is 15.7 Å². The van der Waals surface area contributed by atoms with Crippen LogP contribution in [-0.2, 0) is 16.5 Å². The van der Waals surface area contributed by atoms with Gasteiger partial charge in [-0.05, 0) is 54.7 Å². The number of nitrogens with zero attached hydrogens (tertiary/aromatic N) is 1. The molecule has 0 fully saturated rings. The second-order valence-corrected chi connectivity index (χ2v) is 9.39. The number of benzene rings is 3. The van der Waals surface area contributed by atoms with Crippen LogP contribution in [0.15, 0.2) is 84.9 Å². The summed E-state index contributed by atoms with van der Waals surface area (Å²) in [5.74, 6) is 0. The van der Waals surface area contributed by atoms with Crippen molar-refractivity contribution in [2.24, 2.45) is 0 Å². The van der Waals surface area contributed by atoms with Crippen LogP contribution in [0.1, 0.15) is 24.0 Å². The fraction of sp³-hybridized carbons (Fsp3) is 0.174. The van der Waals surface area contributed by atoms with E-state index in [4.69, 9.17) is 0 Å². The highest BCUT2D eigenvalue weighted by Gasteiger charge is 2.43. The molecule has 4 heteroatoms. The zero-order chi connectivity index (χ0) is 18.7. The van der Waals surface area contributed by atoms with Crippen molar-refractivity contribution in [3.8, 4) is 6.07 Å². The molecular formula is C23H21N2OP. The highest BCUT2D eigenvalue weighted by atomic mass is 31.2. The monoisotopic (exact) mass is 372 g/mol. The molecule has 3 nitrogen and oxygen atoms in total. The summed E-state index contributed by atoms with van der Waals surface area (Å²) >= 11 is 0. The number of nitriles is 1. The Balaban J connectivity index is 1.89. The van der Waals surface area contributed by atoms with E-state index in [2.05, 4.69) is 17.2 Å². The lowest BCUT2D eigenvalue weighted by atomic mass is 9.78. The first-order valence-electron chi connectivity index (χ1n) is 9.18. The Hall–Kier alpha value is -2.66. The highest BCUT2D eigenvalue weighted by molar-refractivity contribution is 7.77. The first-order valence-corrected chi connectivity index (χ1v) is 10.9. The molecule has 0 bridgehead atoms. The number of nitrogens with one attached hydrogen (secondary N) is 1. The molecule has 0 radical (unpaired) electrons. The number of rotatable bonds is 4. The minimum atomic E-state index is -3.20. The van der Waals surface area contributed by atoms with Gasteiger partial charge in [-0.15, -0.1) is 0 Å². The number of aryl methyl sites for hydroxylation is 1. The molecule has 1 N–H and O–H groups in total. The Morgan fingerprint density at radius 2 is 1.41 bits per heavy atom. The summed E-state index contributed by atoms with van der Waals surface area (Å²) in [6, 6.07) is 29.4. The summed E-state index contributed by atoms with van der Waals surface area (Å²) < 4.78 is 14.4. The molecule has 134 valence electrons. The van der Waals surface area contributed by atoms with Gasteiger partial charge in [0.1, 0.15) is 5.54 Å². The van der Waals surface area contributed by atoms with Crippen molar-refractivity contribution in [2.45, 2.75) is 24.8 Å². The average Bonchev–Trinajstić information content (AvgIpc) is 2.75. The molecule has 0 heterocycles. The van der Waals surface area contributed by atoms with E-state index in [9.17, 15) is 9.83 Å². The zero-order valence-electron chi connectivity index (χ0n) is 15.0. The van der Waals surface area contributed by atoms with Gasteiger partial charge in [0.2, 0.25) is 7.29 Å². The van der Waals surface area contributed by atoms with Gasteiger partial charge in [-0.2, -0.15) is 5.26 Å². The van der Waals surface area contributed by atoms with E-state index in [1.54, 1.807) is 0 Å². The standard InChI is InChI=1S/C23H21N2OP/c24-18-23(17-9-11-19-10-7-8-16-22(19)23)25-27(26,20-12-3-1-4-13-20)21-14-5-2-6-15-21/h1-8,10,12-16H,9,11,17H2,(H,25,26)/t23-/m1/s1. The molecule has 27 heavy (non-hydrogen) atoms. The van der Waals surface area contributed by atoms with Crippen molar-refractivity contribution in [1.29, 1.82) is 5.26 Å². The topological polar surface area (TPSA) is 52.9 Å².